The number of hydrogen-bond acceptors (Lipinski definition) is 5. The van der Waals surface area contributed by atoms with Gasteiger partial charge in [0, 0.05) is 6.42 Å². The largest absolute Gasteiger partial charge is 0.463 e. The average Bonchev–Trinajstić information content (AvgIpc) is 2.40. The summed E-state index contributed by atoms with van der Waals surface area (Å²) in [6.45, 7) is 9.73. The van der Waals surface area contributed by atoms with E-state index in [1.807, 2.05) is 13.8 Å². The van der Waals surface area contributed by atoms with Crippen molar-refractivity contribution in [1.29, 1.82) is 0 Å². The SMILES string of the molecule is CCCCC(=O)OCC(C)OCC(C)OC(=O)C(C)C. The van der Waals surface area contributed by atoms with Gasteiger partial charge in [-0.2, -0.15) is 0 Å². The van der Waals surface area contributed by atoms with Crippen molar-refractivity contribution in [2.75, 3.05) is 13.2 Å². The second kappa shape index (κ2) is 10.7. The minimum Gasteiger partial charge on any atom is -0.463 e. The number of ether oxygens (including phenoxy) is 3. The zero-order chi connectivity index (χ0) is 15.5. The zero-order valence-corrected chi connectivity index (χ0v) is 13.3. The van der Waals surface area contributed by atoms with Crippen LogP contribution in [0.5, 0.6) is 0 Å². The molecule has 0 radical (unpaired) electrons. The van der Waals surface area contributed by atoms with E-state index in [4.69, 9.17) is 14.2 Å². The highest BCUT2D eigenvalue weighted by Gasteiger charge is 2.15. The van der Waals surface area contributed by atoms with Crippen LogP contribution in [0.25, 0.3) is 0 Å². The number of carbonyl (C=O) groups is 2. The summed E-state index contributed by atoms with van der Waals surface area (Å²) in [7, 11) is 0. The number of rotatable bonds is 10. The van der Waals surface area contributed by atoms with E-state index in [0.717, 1.165) is 12.8 Å². The molecule has 0 heterocycles. The molecular weight excluding hydrogens is 260 g/mol. The van der Waals surface area contributed by atoms with Crippen molar-refractivity contribution in [2.24, 2.45) is 5.92 Å². The molecule has 0 aromatic heterocycles. The van der Waals surface area contributed by atoms with E-state index in [-0.39, 0.29) is 36.7 Å². The molecule has 2 unspecified atom stereocenters. The third kappa shape index (κ3) is 9.78. The predicted octanol–water partition coefficient (Wildman–Crippen LogP) is 2.71. The summed E-state index contributed by atoms with van der Waals surface area (Å²) in [5.74, 6) is -0.573. The Bertz CT molecular complexity index is 288. The van der Waals surface area contributed by atoms with Crippen LogP contribution in [0.2, 0.25) is 0 Å². The third-order valence-corrected chi connectivity index (χ3v) is 2.62. The molecule has 0 spiro atoms. The van der Waals surface area contributed by atoms with E-state index in [2.05, 4.69) is 0 Å². The Morgan fingerprint density at radius 3 is 2.20 bits per heavy atom. The van der Waals surface area contributed by atoms with Crippen molar-refractivity contribution < 1.29 is 23.8 Å². The first kappa shape index (κ1) is 18.9. The summed E-state index contributed by atoms with van der Waals surface area (Å²) < 4.78 is 15.7. The molecule has 118 valence electrons. The Kier molecular flexibility index (Phi) is 10.1. The van der Waals surface area contributed by atoms with Gasteiger partial charge in [0.25, 0.3) is 0 Å². The van der Waals surface area contributed by atoms with Crippen LogP contribution >= 0.6 is 0 Å². The summed E-state index contributed by atoms with van der Waals surface area (Å²) >= 11 is 0. The summed E-state index contributed by atoms with van der Waals surface area (Å²) in [5, 5.41) is 0. The van der Waals surface area contributed by atoms with Crippen molar-refractivity contribution in [3.63, 3.8) is 0 Å². The molecule has 0 aromatic rings. The Hall–Kier alpha value is -1.10. The third-order valence-electron chi connectivity index (χ3n) is 2.62. The maximum Gasteiger partial charge on any atom is 0.308 e. The van der Waals surface area contributed by atoms with Crippen molar-refractivity contribution in [3.05, 3.63) is 0 Å². The first-order chi connectivity index (χ1) is 9.36. The van der Waals surface area contributed by atoms with Crippen molar-refractivity contribution in [3.8, 4) is 0 Å². The fourth-order valence-corrected chi connectivity index (χ4v) is 1.32. The van der Waals surface area contributed by atoms with E-state index >= 15 is 0 Å². The number of carbonyl (C=O) groups excluding carboxylic acids is 2. The molecule has 0 fully saturated rings. The van der Waals surface area contributed by atoms with Gasteiger partial charge in [0.2, 0.25) is 0 Å². The molecule has 5 heteroatoms. The van der Waals surface area contributed by atoms with Gasteiger partial charge in [0.05, 0.1) is 18.6 Å². The van der Waals surface area contributed by atoms with Crippen LogP contribution in [0.3, 0.4) is 0 Å². The second-order valence-electron chi connectivity index (χ2n) is 5.33. The standard InChI is InChI=1S/C15H28O5/c1-6-7-8-14(16)19-9-12(4)18-10-13(5)20-15(17)11(2)3/h11-13H,6-10H2,1-5H3. The minimum absolute atomic E-state index is 0.144. The van der Waals surface area contributed by atoms with Gasteiger partial charge in [-0.3, -0.25) is 9.59 Å². The lowest BCUT2D eigenvalue weighted by atomic mass is 10.2. The first-order valence-electron chi connectivity index (χ1n) is 7.34. The second-order valence-corrected chi connectivity index (χ2v) is 5.33. The molecular formula is C15H28O5. The fourth-order valence-electron chi connectivity index (χ4n) is 1.32. The van der Waals surface area contributed by atoms with Gasteiger partial charge in [-0.05, 0) is 20.3 Å². The average molecular weight is 288 g/mol. The van der Waals surface area contributed by atoms with E-state index in [9.17, 15) is 9.59 Å². The number of hydrogen-bond donors (Lipinski definition) is 0. The van der Waals surface area contributed by atoms with Gasteiger partial charge in [-0.15, -0.1) is 0 Å². The van der Waals surface area contributed by atoms with Crippen molar-refractivity contribution in [2.45, 2.75) is 66.1 Å². The van der Waals surface area contributed by atoms with Crippen LogP contribution in [0, 0.1) is 5.92 Å². The van der Waals surface area contributed by atoms with Gasteiger partial charge in [0.1, 0.15) is 12.7 Å². The Morgan fingerprint density at radius 2 is 1.65 bits per heavy atom. The highest BCUT2D eigenvalue weighted by atomic mass is 16.6. The van der Waals surface area contributed by atoms with Gasteiger partial charge in [-0.1, -0.05) is 27.2 Å². The molecule has 5 nitrogen and oxygen atoms in total. The molecule has 0 rings (SSSR count). The lowest BCUT2D eigenvalue weighted by molar-refractivity contribution is -0.157. The van der Waals surface area contributed by atoms with Gasteiger partial charge in [0.15, 0.2) is 0 Å². The van der Waals surface area contributed by atoms with Crippen LogP contribution in [-0.2, 0) is 23.8 Å². The predicted molar refractivity (Wildman–Crippen MR) is 76.3 cm³/mol. The van der Waals surface area contributed by atoms with Crippen molar-refractivity contribution in [1.82, 2.24) is 0 Å². The quantitative estimate of drug-likeness (QED) is 0.578. The van der Waals surface area contributed by atoms with Crippen LogP contribution in [0.4, 0.5) is 0 Å². The summed E-state index contributed by atoms with van der Waals surface area (Å²) in [6, 6.07) is 0. The molecule has 0 amide bonds. The number of esters is 2. The molecule has 0 aliphatic rings. The molecule has 0 aliphatic heterocycles. The lowest BCUT2D eigenvalue weighted by Crippen LogP contribution is -2.27. The lowest BCUT2D eigenvalue weighted by Gasteiger charge is -2.18. The minimum atomic E-state index is -0.303. The zero-order valence-electron chi connectivity index (χ0n) is 13.3. The smallest absolute Gasteiger partial charge is 0.308 e. The Morgan fingerprint density at radius 1 is 1.00 bits per heavy atom. The highest BCUT2D eigenvalue weighted by molar-refractivity contribution is 5.71. The first-order valence-corrected chi connectivity index (χ1v) is 7.34. The topological polar surface area (TPSA) is 61.8 Å². The summed E-state index contributed by atoms with van der Waals surface area (Å²) in [4.78, 5) is 22.7. The van der Waals surface area contributed by atoms with E-state index in [0.29, 0.717) is 13.0 Å². The maximum atomic E-state index is 11.4. The van der Waals surface area contributed by atoms with E-state index in [1.165, 1.54) is 0 Å². The van der Waals surface area contributed by atoms with Crippen LogP contribution in [0.1, 0.15) is 53.9 Å². The Labute approximate surface area is 122 Å². The Balaban J connectivity index is 3.74. The molecule has 0 aromatic carbocycles. The maximum absolute atomic E-state index is 11.4. The molecule has 0 saturated heterocycles. The highest BCUT2D eigenvalue weighted by Crippen LogP contribution is 2.03. The number of unbranched alkanes of at least 4 members (excludes halogenated alkanes) is 1. The van der Waals surface area contributed by atoms with Gasteiger partial charge < -0.3 is 14.2 Å². The van der Waals surface area contributed by atoms with Crippen molar-refractivity contribution >= 4 is 11.9 Å². The molecule has 0 bridgehead atoms. The monoisotopic (exact) mass is 288 g/mol. The molecule has 20 heavy (non-hydrogen) atoms. The van der Waals surface area contributed by atoms with Crippen LogP contribution in [0.15, 0.2) is 0 Å². The normalized spacial score (nSPS) is 13.9. The van der Waals surface area contributed by atoms with Crippen LogP contribution < -0.4 is 0 Å². The molecule has 0 saturated carbocycles. The fraction of sp³-hybridized carbons (Fsp3) is 0.867. The summed E-state index contributed by atoms with van der Waals surface area (Å²) in [5.41, 5.74) is 0. The van der Waals surface area contributed by atoms with Gasteiger partial charge in [-0.25, -0.2) is 0 Å². The van der Waals surface area contributed by atoms with Crippen LogP contribution in [-0.4, -0.2) is 37.4 Å². The van der Waals surface area contributed by atoms with E-state index in [1.54, 1.807) is 20.8 Å². The molecule has 0 N–H and O–H groups in total. The molecule has 0 aliphatic carbocycles. The molecule has 2 atom stereocenters. The summed E-state index contributed by atoms with van der Waals surface area (Å²) in [6.07, 6.45) is 1.76. The van der Waals surface area contributed by atoms with E-state index < -0.39 is 0 Å². The van der Waals surface area contributed by atoms with Gasteiger partial charge >= 0.3 is 11.9 Å².